The molecule has 7 nitrogen and oxygen atoms in total. The van der Waals surface area contributed by atoms with Crippen LogP contribution in [0.2, 0.25) is 5.02 Å². The zero-order valence-corrected chi connectivity index (χ0v) is 15.7. The number of benzene rings is 2. The molecule has 0 atom stereocenters. The zero-order valence-electron chi connectivity index (χ0n) is 14.9. The fraction of sp³-hybridized carbons (Fsp3) is 0.316. The Kier molecular flexibility index (Phi) is 5.81. The lowest BCUT2D eigenvalue weighted by atomic mass is 10.1. The average Bonchev–Trinajstić information content (AvgIpc) is 2.68. The summed E-state index contributed by atoms with van der Waals surface area (Å²) in [5.41, 5.74) is 1.45. The molecule has 1 amide bonds. The van der Waals surface area contributed by atoms with Gasteiger partial charge < -0.3 is 14.5 Å². The smallest absolute Gasteiger partial charge is 0.294 e. The molecule has 1 heterocycles. The van der Waals surface area contributed by atoms with Gasteiger partial charge in [-0.15, -0.1) is 0 Å². The maximum absolute atomic E-state index is 12.5. The molecule has 0 radical (unpaired) electrons. The van der Waals surface area contributed by atoms with E-state index in [4.69, 9.17) is 16.3 Å². The fourth-order valence-corrected chi connectivity index (χ4v) is 3.30. The van der Waals surface area contributed by atoms with Crippen LogP contribution in [0, 0.1) is 10.1 Å². The van der Waals surface area contributed by atoms with Crippen LogP contribution in [-0.4, -0.2) is 49.0 Å². The first-order chi connectivity index (χ1) is 13.0. The minimum Gasteiger partial charge on any atom is -0.497 e. The zero-order chi connectivity index (χ0) is 19.4. The molecule has 0 spiro atoms. The Labute approximate surface area is 162 Å². The van der Waals surface area contributed by atoms with Gasteiger partial charge in [-0.3, -0.25) is 14.9 Å². The van der Waals surface area contributed by atoms with E-state index in [-0.39, 0.29) is 11.6 Å². The van der Waals surface area contributed by atoms with Crippen LogP contribution in [0.15, 0.2) is 42.5 Å². The summed E-state index contributed by atoms with van der Waals surface area (Å²) in [5, 5.41) is 11.6. The molecule has 0 N–H and O–H groups in total. The number of nitrogens with zero attached hydrogens (tertiary/aromatic N) is 3. The van der Waals surface area contributed by atoms with Crippen LogP contribution in [0.1, 0.15) is 5.56 Å². The number of carbonyl (C=O) groups excluding carboxylic acids is 1. The number of anilines is 1. The summed E-state index contributed by atoms with van der Waals surface area (Å²) in [6.45, 7) is 2.12. The Morgan fingerprint density at radius 1 is 1.15 bits per heavy atom. The van der Waals surface area contributed by atoms with E-state index >= 15 is 0 Å². The van der Waals surface area contributed by atoms with Crippen LogP contribution in [0.5, 0.6) is 5.75 Å². The molecular weight excluding hydrogens is 370 g/mol. The second-order valence-electron chi connectivity index (χ2n) is 6.28. The van der Waals surface area contributed by atoms with E-state index in [2.05, 4.69) is 0 Å². The molecule has 0 saturated carbocycles. The van der Waals surface area contributed by atoms with Gasteiger partial charge in [0.2, 0.25) is 5.91 Å². The van der Waals surface area contributed by atoms with Crippen LogP contribution in [0.3, 0.4) is 0 Å². The number of carbonyl (C=O) groups is 1. The van der Waals surface area contributed by atoms with Crippen molar-refractivity contribution in [1.29, 1.82) is 0 Å². The minimum atomic E-state index is -0.428. The Morgan fingerprint density at radius 3 is 2.41 bits per heavy atom. The quantitative estimate of drug-likeness (QED) is 0.580. The normalized spacial score (nSPS) is 14.1. The van der Waals surface area contributed by atoms with Gasteiger partial charge in [-0.25, -0.2) is 0 Å². The maximum atomic E-state index is 12.5. The molecule has 8 heteroatoms. The summed E-state index contributed by atoms with van der Waals surface area (Å²) in [4.78, 5) is 27.1. The van der Waals surface area contributed by atoms with Crippen LogP contribution in [0.4, 0.5) is 11.4 Å². The van der Waals surface area contributed by atoms with E-state index in [9.17, 15) is 14.9 Å². The molecule has 0 unspecified atom stereocenters. The topological polar surface area (TPSA) is 75.9 Å². The van der Waals surface area contributed by atoms with E-state index in [1.54, 1.807) is 24.1 Å². The van der Waals surface area contributed by atoms with Gasteiger partial charge in [0, 0.05) is 37.3 Å². The fourth-order valence-electron chi connectivity index (χ4n) is 3.14. The Bertz CT molecular complexity index is 833. The molecule has 0 aliphatic carbocycles. The molecule has 1 saturated heterocycles. The lowest BCUT2D eigenvalue weighted by molar-refractivity contribution is -0.384. The third-order valence-electron chi connectivity index (χ3n) is 4.62. The summed E-state index contributed by atoms with van der Waals surface area (Å²) in [7, 11) is 1.60. The second-order valence-corrected chi connectivity index (χ2v) is 6.72. The number of methoxy groups -OCH3 is 1. The molecule has 0 bridgehead atoms. The van der Waals surface area contributed by atoms with E-state index < -0.39 is 4.92 Å². The number of amides is 1. The molecule has 2 aromatic carbocycles. The Hall–Kier alpha value is -2.80. The highest BCUT2D eigenvalue weighted by Gasteiger charge is 2.26. The summed E-state index contributed by atoms with van der Waals surface area (Å²) < 4.78 is 5.12. The molecule has 27 heavy (non-hydrogen) atoms. The van der Waals surface area contributed by atoms with Gasteiger partial charge in [0.25, 0.3) is 5.69 Å². The van der Waals surface area contributed by atoms with Gasteiger partial charge in [-0.05, 0) is 29.8 Å². The van der Waals surface area contributed by atoms with E-state index in [0.717, 1.165) is 11.3 Å². The molecule has 0 aromatic heterocycles. The largest absolute Gasteiger partial charge is 0.497 e. The number of nitro benzene ring substituents is 1. The number of halogens is 1. The maximum Gasteiger partial charge on any atom is 0.294 e. The first-order valence-corrected chi connectivity index (χ1v) is 8.95. The van der Waals surface area contributed by atoms with Crippen molar-refractivity contribution in [2.24, 2.45) is 0 Å². The van der Waals surface area contributed by atoms with Crippen molar-refractivity contribution in [3.63, 3.8) is 0 Å². The summed E-state index contributed by atoms with van der Waals surface area (Å²) >= 11 is 5.88. The van der Waals surface area contributed by atoms with Crippen molar-refractivity contribution in [2.45, 2.75) is 6.42 Å². The van der Waals surface area contributed by atoms with E-state index in [1.165, 1.54) is 6.07 Å². The van der Waals surface area contributed by atoms with Crippen molar-refractivity contribution < 1.29 is 14.5 Å². The predicted octanol–water partition coefficient (Wildman–Crippen LogP) is 3.15. The number of hydrogen-bond donors (Lipinski definition) is 0. The van der Waals surface area contributed by atoms with Gasteiger partial charge in [-0.1, -0.05) is 23.7 Å². The molecule has 142 valence electrons. The van der Waals surface area contributed by atoms with Crippen LogP contribution in [0.25, 0.3) is 0 Å². The molecule has 1 aliphatic heterocycles. The molecule has 1 aliphatic rings. The van der Waals surface area contributed by atoms with Crippen molar-refractivity contribution in [3.05, 3.63) is 63.2 Å². The molecule has 2 aromatic rings. The highest BCUT2D eigenvalue weighted by molar-refractivity contribution is 6.30. The summed E-state index contributed by atoms with van der Waals surface area (Å²) in [6, 6.07) is 12.1. The summed E-state index contributed by atoms with van der Waals surface area (Å²) in [6.07, 6.45) is 0.324. The monoisotopic (exact) mass is 389 g/mol. The van der Waals surface area contributed by atoms with Crippen molar-refractivity contribution in [1.82, 2.24) is 4.90 Å². The number of hydrogen-bond acceptors (Lipinski definition) is 5. The third-order valence-corrected chi connectivity index (χ3v) is 4.86. The average molecular weight is 390 g/mol. The minimum absolute atomic E-state index is 0.0134. The van der Waals surface area contributed by atoms with E-state index in [0.29, 0.717) is 43.3 Å². The third kappa shape index (κ3) is 4.49. The lowest BCUT2D eigenvalue weighted by Gasteiger charge is -2.36. The van der Waals surface area contributed by atoms with Crippen LogP contribution < -0.4 is 9.64 Å². The van der Waals surface area contributed by atoms with Crippen molar-refractivity contribution >= 4 is 28.9 Å². The number of rotatable bonds is 5. The van der Waals surface area contributed by atoms with Gasteiger partial charge in [0.15, 0.2) is 0 Å². The van der Waals surface area contributed by atoms with Gasteiger partial charge in [-0.2, -0.15) is 0 Å². The standard InChI is InChI=1S/C19H20ClN3O4/c1-27-16-5-2-14(3-6-16)12-19(24)22-10-8-21(9-11-22)17-7-4-15(20)13-18(17)23(25)26/h2-7,13H,8-12H2,1H3. The van der Waals surface area contributed by atoms with Crippen molar-refractivity contribution in [3.8, 4) is 5.75 Å². The number of nitro groups is 1. The van der Waals surface area contributed by atoms with Gasteiger partial charge >= 0.3 is 0 Å². The summed E-state index contributed by atoms with van der Waals surface area (Å²) in [5.74, 6) is 0.801. The van der Waals surface area contributed by atoms with Gasteiger partial charge in [0.1, 0.15) is 11.4 Å². The highest BCUT2D eigenvalue weighted by Crippen LogP contribution is 2.31. The molecule has 3 rings (SSSR count). The van der Waals surface area contributed by atoms with E-state index in [1.807, 2.05) is 29.2 Å². The second kappa shape index (κ2) is 8.26. The van der Waals surface area contributed by atoms with Crippen molar-refractivity contribution in [2.75, 3.05) is 38.2 Å². The number of ether oxygens (including phenoxy) is 1. The Morgan fingerprint density at radius 2 is 1.81 bits per heavy atom. The SMILES string of the molecule is COc1ccc(CC(=O)N2CCN(c3ccc(Cl)cc3[N+](=O)[O-])CC2)cc1. The van der Waals surface area contributed by atoms with Gasteiger partial charge in [0.05, 0.1) is 18.5 Å². The molecule has 1 fully saturated rings. The highest BCUT2D eigenvalue weighted by atomic mass is 35.5. The predicted molar refractivity (Wildman–Crippen MR) is 104 cm³/mol. The lowest BCUT2D eigenvalue weighted by Crippen LogP contribution is -2.49. The van der Waals surface area contributed by atoms with Crippen LogP contribution in [-0.2, 0) is 11.2 Å². The number of piperazine rings is 1. The molecular formula is C19H20ClN3O4. The first-order valence-electron chi connectivity index (χ1n) is 8.57. The first kappa shape index (κ1) is 19.0. The van der Waals surface area contributed by atoms with Crippen LogP contribution >= 0.6 is 11.6 Å². The Balaban J connectivity index is 1.61.